The lowest BCUT2D eigenvalue weighted by Gasteiger charge is -2.32. The van der Waals surface area contributed by atoms with Gasteiger partial charge in [-0.05, 0) is 31.2 Å². The van der Waals surface area contributed by atoms with Gasteiger partial charge >= 0.3 is 5.97 Å². The Morgan fingerprint density at radius 2 is 2.25 bits per heavy atom. The summed E-state index contributed by atoms with van der Waals surface area (Å²) in [6.07, 6.45) is 4.43. The number of aliphatic carboxylic acids is 1. The van der Waals surface area contributed by atoms with Gasteiger partial charge in [-0.25, -0.2) is 0 Å². The molecule has 0 radical (unpaired) electrons. The van der Waals surface area contributed by atoms with Crippen molar-refractivity contribution in [3.05, 3.63) is 23.0 Å². The third-order valence-electron chi connectivity index (χ3n) is 3.76. The first kappa shape index (κ1) is 14.9. The van der Waals surface area contributed by atoms with Crippen LogP contribution >= 0.6 is 11.6 Å². The van der Waals surface area contributed by atoms with Crippen LogP contribution in [0.5, 0.6) is 0 Å². The Balaban J connectivity index is 1.99. The summed E-state index contributed by atoms with van der Waals surface area (Å²) < 4.78 is 1.73. The average Bonchev–Trinajstić information content (AvgIpc) is 2.75. The zero-order valence-electron chi connectivity index (χ0n) is 11.5. The first-order valence-corrected chi connectivity index (χ1v) is 7.18. The van der Waals surface area contributed by atoms with Crippen molar-refractivity contribution >= 4 is 23.5 Å². The van der Waals surface area contributed by atoms with Crippen molar-refractivity contribution in [3.8, 4) is 0 Å². The number of carbonyl (C=O) groups is 2. The quantitative estimate of drug-likeness (QED) is 0.928. The smallest absolute Gasteiger partial charge is 0.303 e. The molecule has 1 amide bonds. The molecule has 6 heteroatoms. The number of hydrogen-bond acceptors (Lipinski definition) is 2. The lowest BCUT2D eigenvalue weighted by Crippen LogP contribution is -2.40. The zero-order chi connectivity index (χ0) is 14.7. The van der Waals surface area contributed by atoms with Gasteiger partial charge in [0.2, 0.25) is 0 Å². The Labute approximate surface area is 123 Å². The van der Waals surface area contributed by atoms with E-state index in [0.717, 1.165) is 19.4 Å². The number of carboxylic acid groups (broad SMARTS) is 1. The number of aryl methyl sites for hydroxylation is 1. The summed E-state index contributed by atoms with van der Waals surface area (Å²) in [6.45, 7) is 1.36. The summed E-state index contributed by atoms with van der Waals surface area (Å²) in [4.78, 5) is 24.9. The summed E-state index contributed by atoms with van der Waals surface area (Å²) in [5.41, 5.74) is 0.578. The number of halogens is 1. The number of rotatable bonds is 4. The topological polar surface area (TPSA) is 62.5 Å². The molecule has 2 rings (SSSR count). The van der Waals surface area contributed by atoms with E-state index in [0.29, 0.717) is 23.7 Å². The lowest BCUT2D eigenvalue weighted by molar-refractivity contribution is -0.137. The zero-order valence-corrected chi connectivity index (χ0v) is 12.3. The fourth-order valence-corrected chi connectivity index (χ4v) is 2.96. The minimum atomic E-state index is -0.775. The van der Waals surface area contributed by atoms with Gasteiger partial charge in [-0.15, -0.1) is 0 Å². The predicted octanol–water partition coefficient (Wildman–Crippen LogP) is 2.40. The number of likely N-dealkylation sites (tertiary alicyclic amines) is 1. The number of nitrogens with zero attached hydrogens (tertiary/aromatic N) is 2. The highest BCUT2D eigenvalue weighted by Gasteiger charge is 2.26. The highest BCUT2D eigenvalue weighted by molar-refractivity contribution is 6.31. The van der Waals surface area contributed by atoms with Crippen molar-refractivity contribution in [1.82, 2.24) is 9.47 Å². The van der Waals surface area contributed by atoms with Gasteiger partial charge in [0, 0.05) is 32.8 Å². The monoisotopic (exact) mass is 298 g/mol. The Bertz CT molecular complexity index is 513. The van der Waals surface area contributed by atoms with E-state index in [1.165, 1.54) is 0 Å². The minimum Gasteiger partial charge on any atom is -0.481 e. The van der Waals surface area contributed by atoms with Crippen molar-refractivity contribution in [2.24, 2.45) is 13.0 Å². The van der Waals surface area contributed by atoms with E-state index in [4.69, 9.17) is 16.7 Å². The molecule has 1 aliphatic rings. The summed E-state index contributed by atoms with van der Waals surface area (Å²) in [7, 11) is 1.80. The molecule has 0 saturated carbocycles. The molecule has 0 unspecified atom stereocenters. The normalized spacial score (nSPS) is 19.1. The van der Waals surface area contributed by atoms with E-state index in [2.05, 4.69) is 0 Å². The van der Waals surface area contributed by atoms with Crippen LogP contribution < -0.4 is 0 Å². The van der Waals surface area contributed by atoms with Gasteiger partial charge in [-0.1, -0.05) is 11.6 Å². The van der Waals surface area contributed by atoms with E-state index in [1.54, 1.807) is 23.9 Å². The molecule has 0 bridgehead atoms. The van der Waals surface area contributed by atoms with Crippen LogP contribution in [-0.4, -0.2) is 39.5 Å². The van der Waals surface area contributed by atoms with Crippen LogP contribution in [0.25, 0.3) is 0 Å². The van der Waals surface area contributed by atoms with Crippen molar-refractivity contribution < 1.29 is 14.7 Å². The number of piperidine rings is 1. The molecule has 1 fully saturated rings. The van der Waals surface area contributed by atoms with Crippen molar-refractivity contribution in [2.45, 2.75) is 25.7 Å². The van der Waals surface area contributed by atoms with E-state index in [-0.39, 0.29) is 18.2 Å². The predicted molar refractivity (Wildman–Crippen MR) is 75.9 cm³/mol. The average molecular weight is 299 g/mol. The molecule has 2 heterocycles. The number of carboxylic acids is 1. The van der Waals surface area contributed by atoms with Gasteiger partial charge in [0.05, 0.1) is 5.02 Å². The molecule has 20 heavy (non-hydrogen) atoms. The van der Waals surface area contributed by atoms with Crippen LogP contribution in [0.3, 0.4) is 0 Å². The first-order valence-electron chi connectivity index (χ1n) is 6.80. The molecule has 1 N–H and O–H groups in total. The highest BCUT2D eigenvalue weighted by Crippen LogP contribution is 2.23. The molecule has 1 aliphatic heterocycles. The summed E-state index contributed by atoms with van der Waals surface area (Å²) >= 11 is 5.91. The Morgan fingerprint density at radius 1 is 1.50 bits per heavy atom. The SMILES string of the molecule is Cn1cc(Cl)cc1C(=O)N1CCC[C@H](CCC(=O)O)C1. The van der Waals surface area contributed by atoms with Crippen LogP contribution in [0, 0.1) is 5.92 Å². The molecular weight excluding hydrogens is 280 g/mol. The largest absolute Gasteiger partial charge is 0.481 e. The molecule has 1 saturated heterocycles. The van der Waals surface area contributed by atoms with Crippen LogP contribution in [0.4, 0.5) is 0 Å². The molecule has 0 aromatic carbocycles. The van der Waals surface area contributed by atoms with Crippen LogP contribution in [0.2, 0.25) is 5.02 Å². The highest BCUT2D eigenvalue weighted by atomic mass is 35.5. The molecule has 110 valence electrons. The van der Waals surface area contributed by atoms with Crippen molar-refractivity contribution in [2.75, 3.05) is 13.1 Å². The number of aromatic nitrogens is 1. The molecule has 1 aromatic heterocycles. The van der Waals surface area contributed by atoms with E-state index >= 15 is 0 Å². The van der Waals surface area contributed by atoms with E-state index in [1.807, 2.05) is 4.90 Å². The van der Waals surface area contributed by atoms with Gasteiger partial charge in [0.25, 0.3) is 5.91 Å². The molecule has 5 nitrogen and oxygen atoms in total. The Morgan fingerprint density at radius 3 is 2.85 bits per heavy atom. The van der Waals surface area contributed by atoms with Gasteiger partial charge in [-0.2, -0.15) is 0 Å². The van der Waals surface area contributed by atoms with Crippen molar-refractivity contribution in [1.29, 1.82) is 0 Å². The maximum atomic E-state index is 12.4. The molecule has 0 aliphatic carbocycles. The number of hydrogen-bond donors (Lipinski definition) is 1. The second-order valence-electron chi connectivity index (χ2n) is 5.35. The Kier molecular flexibility index (Phi) is 4.70. The van der Waals surface area contributed by atoms with Crippen LogP contribution in [-0.2, 0) is 11.8 Å². The Hall–Kier alpha value is -1.49. The lowest BCUT2D eigenvalue weighted by atomic mass is 9.93. The fourth-order valence-electron chi connectivity index (χ4n) is 2.71. The summed E-state index contributed by atoms with van der Waals surface area (Å²) in [5, 5.41) is 9.29. The van der Waals surface area contributed by atoms with Gasteiger partial charge < -0.3 is 14.6 Å². The van der Waals surface area contributed by atoms with E-state index < -0.39 is 5.97 Å². The standard InChI is InChI=1S/C14H19ClN2O3/c1-16-9-11(15)7-12(16)14(20)17-6-2-3-10(8-17)4-5-13(18)19/h7,9-10H,2-6,8H2,1H3,(H,18,19)/t10-/m1/s1. The maximum absolute atomic E-state index is 12.4. The van der Waals surface area contributed by atoms with Gasteiger partial charge in [-0.3, -0.25) is 9.59 Å². The number of amides is 1. The summed E-state index contributed by atoms with van der Waals surface area (Å²) in [6, 6.07) is 1.67. The maximum Gasteiger partial charge on any atom is 0.303 e. The van der Waals surface area contributed by atoms with Gasteiger partial charge in [0.15, 0.2) is 0 Å². The minimum absolute atomic E-state index is 0.0283. The third-order valence-corrected chi connectivity index (χ3v) is 3.97. The fraction of sp³-hybridized carbons (Fsp3) is 0.571. The van der Waals surface area contributed by atoms with Crippen molar-refractivity contribution in [3.63, 3.8) is 0 Å². The summed E-state index contributed by atoms with van der Waals surface area (Å²) in [5.74, 6) is -0.526. The number of carbonyl (C=O) groups excluding carboxylic acids is 1. The van der Waals surface area contributed by atoms with E-state index in [9.17, 15) is 9.59 Å². The molecule has 0 spiro atoms. The molecule has 1 atom stereocenters. The second-order valence-corrected chi connectivity index (χ2v) is 5.78. The van der Waals surface area contributed by atoms with Crippen LogP contribution in [0.1, 0.15) is 36.2 Å². The van der Waals surface area contributed by atoms with Crippen LogP contribution in [0.15, 0.2) is 12.3 Å². The van der Waals surface area contributed by atoms with Gasteiger partial charge in [0.1, 0.15) is 5.69 Å². The molecule has 1 aromatic rings. The third kappa shape index (κ3) is 3.54. The first-order chi connectivity index (χ1) is 9.47. The molecular formula is C14H19ClN2O3. The second kappa shape index (κ2) is 6.31.